The minimum atomic E-state index is -2.15. The molecular formula is C18H40O4Si3. The van der Waals surface area contributed by atoms with Crippen molar-refractivity contribution in [3.05, 3.63) is 12.2 Å². The lowest BCUT2D eigenvalue weighted by Gasteiger charge is -2.41. The quantitative estimate of drug-likeness (QED) is 0.168. The van der Waals surface area contributed by atoms with Gasteiger partial charge in [-0.1, -0.05) is 33.3 Å². The van der Waals surface area contributed by atoms with Crippen LogP contribution in [0, 0.1) is 0 Å². The van der Waals surface area contributed by atoms with E-state index in [4.69, 9.17) is 13.0 Å². The minimum absolute atomic E-state index is 0.295. The molecule has 0 amide bonds. The molecule has 0 aliphatic heterocycles. The zero-order valence-corrected chi connectivity index (χ0v) is 20.8. The molecule has 0 aromatic heterocycles. The first-order valence-electron chi connectivity index (χ1n) is 9.59. The van der Waals surface area contributed by atoms with Crippen LogP contribution in [-0.2, 0) is 17.8 Å². The molecule has 0 spiro atoms. The van der Waals surface area contributed by atoms with Gasteiger partial charge < -0.3 is 13.0 Å². The molecule has 0 atom stereocenters. The molecule has 0 saturated heterocycles. The van der Waals surface area contributed by atoms with Crippen LogP contribution < -0.4 is 0 Å². The first kappa shape index (κ1) is 24.8. The lowest BCUT2D eigenvalue weighted by atomic mass is 10.4. The van der Waals surface area contributed by atoms with Crippen molar-refractivity contribution in [3.8, 4) is 0 Å². The Morgan fingerprint density at radius 2 is 1.44 bits per heavy atom. The Morgan fingerprint density at radius 1 is 0.920 bits per heavy atom. The van der Waals surface area contributed by atoms with Crippen LogP contribution in [0.1, 0.15) is 40.0 Å². The van der Waals surface area contributed by atoms with E-state index in [-0.39, 0.29) is 5.97 Å². The molecule has 0 aromatic rings. The summed E-state index contributed by atoms with van der Waals surface area (Å²) in [6.07, 6.45) is 3.13. The summed E-state index contributed by atoms with van der Waals surface area (Å²) in [6.45, 7) is 21.3. The largest absolute Gasteiger partial charge is 0.462 e. The van der Waals surface area contributed by atoms with Crippen molar-refractivity contribution in [1.29, 1.82) is 0 Å². The maximum atomic E-state index is 11.6. The number of hydrogen-bond acceptors (Lipinski definition) is 4. The smallest absolute Gasteiger partial charge is 0.333 e. The highest BCUT2D eigenvalue weighted by molar-refractivity contribution is 6.88. The molecule has 25 heavy (non-hydrogen) atoms. The highest BCUT2D eigenvalue weighted by atomic mass is 28.5. The van der Waals surface area contributed by atoms with Gasteiger partial charge >= 0.3 is 14.5 Å². The summed E-state index contributed by atoms with van der Waals surface area (Å²) in [6, 6.07) is 3.34. The van der Waals surface area contributed by atoms with Crippen LogP contribution >= 0.6 is 0 Å². The van der Waals surface area contributed by atoms with Gasteiger partial charge in [0.25, 0.3) is 0 Å². The number of rotatable bonds is 13. The predicted octanol–water partition coefficient (Wildman–Crippen LogP) is 5.83. The minimum Gasteiger partial charge on any atom is -0.462 e. The van der Waals surface area contributed by atoms with E-state index in [2.05, 4.69) is 53.2 Å². The first-order chi connectivity index (χ1) is 11.4. The van der Waals surface area contributed by atoms with Gasteiger partial charge in [-0.15, -0.1) is 0 Å². The zero-order valence-electron chi connectivity index (χ0n) is 17.8. The zero-order chi connectivity index (χ0) is 19.7. The van der Waals surface area contributed by atoms with Gasteiger partial charge in [0.05, 0.1) is 6.61 Å². The molecule has 0 bridgehead atoms. The molecule has 0 unspecified atom stereocenters. The summed E-state index contributed by atoms with van der Waals surface area (Å²) in [5, 5.41) is 0. The third-order valence-corrected chi connectivity index (χ3v) is 16.0. The van der Waals surface area contributed by atoms with E-state index < -0.39 is 25.2 Å². The second-order valence-corrected chi connectivity index (χ2v) is 20.9. The maximum absolute atomic E-state index is 11.6. The van der Waals surface area contributed by atoms with Gasteiger partial charge in [-0.25, -0.2) is 4.79 Å². The van der Waals surface area contributed by atoms with E-state index in [0.29, 0.717) is 12.2 Å². The normalized spacial score (nSPS) is 13.0. The molecule has 0 aliphatic rings. The van der Waals surface area contributed by atoms with Gasteiger partial charge in [0, 0.05) is 5.57 Å². The molecule has 148 valence electrons. The number of carbonyl (C=O) groups is 1. The van der Waals surface area contributed by atoms with Crippen LogP contribution in [-0.4, -0.2) is 37.8 Å². The molecule has 0 N–H and O–H groups in total. The summed E-state index contributed by atoms with van der Waals surface area (Å²) in [4.78, 5) is 11.6. The summed E-state index contributed by atoms with van der Waals surface area (Å²) in [5.41, 5.74) is 0.457. The van der Waals surface area contributed by atoms with Crippen LogP contribution in [0.3, 0.4) is 0 Å². The van der Waals surface area contributed by atoms with Crippen LogP contribution in [0.4, 0.5) is 0 Å². The standard InChI is InChI=1S/C18H40O4Si3/c1-10-14-25(15-11-2,16-12-13-20-18(19)17(3)4)22-24(8,9)21-23(5,6)7/h3,10-16H2,1-2,4-9H3. The van der Waals surface area contributed by atoms with Crippen molar-refractivity contribution in [2.45, 2.75) is 90.9 Å². The molecule has 7 heteroatoms. The number of esters is 1. The van der Waals surface area contributed by atoms with Crippen molar-refractivity contribution in [2.24, 2.45) is 0 Å². The van der Waals surface area contributed by atoms with E-state index in [9.17, 15) is 4.79 Å². The molecule has 0 aliphatic carbocycles. The van der Waals surface area contributed by atoms with Crippen molar-refractivity contribution in [3.63, 3.8) is 0 Å². The van der Waals surface area contributed by atoms with Crippen LogP contribution in [0.15, 0.2) is 12.2 Å². The van der Waals surface area contributed by atoms with Gasteiger partial charge in [0.15, 0.2) is 16.6 Å². The summed E-state index contributed by atoms with van der Waals surface area (Å²) in [7, 11) is -5.66. The molecule has 0 saturated carbocycles. The van der Waals surface area contributed by atoms with Gasteiger partial charge in [0.2, 0.25) is 0 Å². The maximum Gasteiger partial charge on any atom is 0.333 e. The van der Waals surface area contributed by atoms with Gasteiger partial charge in [-0.2, -0.15) is 0 Å². The topological polar surface area (TPSA) is 44.8 Å². The van der Waals surface area contributed by atoms with E-state index >= 15 is 0 Å². The molecule has 0 heterocycles. The fraction of sp³-hybridized carbons (Fsp3) is 0.833. The van der Waals surface area contributed by atoms with Crippen LogP contribution in [0.5, 0.6) is 0 Å². The molecule has 0 radical (unpaired) electrons. The monoisotopic (exact) mass is 404 g/mol. The van der Waals surface area contributed by atoms with Gasteiger partial charge in [-0.05, 0) is 64.2 Å². The van der Waals surface area contributed by atoms with Crippen LogP contribution in [0.2, 0.25) is 50.9 Å². The molecular weight excluding hydrogens is 364 g/mol. The van der Waals surface area contributed by atoms with Gasteiger partial charge in [0.1, 0.15) is 0 Å². The fourth-order valence-electron chi connectivity index (χ4n) is 3.40. The van der Waals surface area contributed by atoms with E-state index in [0.717, 1.165) is 37.4 Å². The summed E-state index contributed by atoms with van der Waals surface area (Å²) in [5.74, 6) is -0.295. The van der Waals surface area contributed by atoms with Crippen molar-refractivity contribution in [1.82, 2.24) is 0 Å². The highest BCUT2D eigenvalue weighted by Crippen LogP contribution is 2.32. The molecule has 4 nitrogen and oxygen atoms in total. The highest BCUT2D eigenvalue weighted by Gasteiger charge is 2.42. The average Bonchev–Trinajstić information content (AvgIpc) is 2.40. The summed E-state index contributed by atoms with van der Waals surface area (Å²) < 4.78 is 18.6. The average molecular weight is 405 g/mol. The first-order valence-corrected chi connectivity index (χ1v) is 18.3. The Hall–Kier alpha value is -0.219. The van der Waals surface area contributed by atoms with Crippen LogP contribution in [0.25, 0.3) is 0 Å². The molecule has 0 aromatic carbocycles. The Labute approximate surface area is 158 Å². The number of carbonyl (C=O) groups excluding carboxylic acids is 1. The molecule has 0 rings (SSSR count). The Balaban J connectivity index is 4.98. The molecule has 0 fully saturated rings. The third kappa shape index (κ3) is 11.2. The second kappa shape index (κ2) is 10.8. The van der Waals surface area contributed by atoms with Gasteiger partial charge in [-0.3, -0.25) is 0 Å². The second-order valence-electron chi connectivity index (χ2n) is 8.42. The van der Waals surface area contributed by atoms with E-state index in [1.807, 2.05) is 0 Å². The Bertz CT molecular complexity index is 425. The predicted molar refractivity (Wildman–Crippen MR) is 114 cm³/mol. The van der Waals surface area contributed by atoms with Crippen molar-refractivity contribution < 1.29 is 17.8 Å². The Kier molecular flexibility index (Phi) is 10.7. The van der Waals surface area contributed by atoms with Crippen molar-refractivity contribution >= 4 is 31.2 Å². The SMILES string of the molecule is C=C(C)C(=O)OCCC[Si](CCC)(CCC)O[Si](C)(C)O[Si](C)(C)C. The number of hydrogen-bond donors (Lipinski definition) is 0. The fourth-order valence-corrected chi connectivity index (χ4v) is 18.6. The third-order valence-electron chi connectivity index (χ3n) is 3.78. The van der Waals surface area contributed by atoms with E-state index in [1.54, 1.807) is 6.92 Å². The van der Waals surface area contributed by atoms with E-state index in [1.165, 1.54) is 0 Å². The van der Waals surface area contributed by atoms with Crippen molar-refractivity contribution in [2.75, 3.05) is 6.61 Å². The Morgan fingerprint density at radius 3 is 1.84 bits per heavy atom. The lowest BCUT2D eigenvalue weighted by Crippen LogP contribution is -2.53. The number of ether oxygens (including phenoxy) is 1. The lowest BCUT2D eigenvalue weighted by molar-refractivity contribution is -0.138. The summed E-state index contributed by atoms with van der Waals surface area (Å²) >= 11 is 0.